The summed E-state index contributed by atoms with van der Waals surface area (Å²) in [5, 5.41) is 5.11. The number of ether oxygens (including phenoxy) is 2. The smallest absolute Gasteiger partial charge is 0.290 e. The Morgan fingerprint density at radius 1 is 1.00 bits per heavy atom. The van der Waals surface area contributed by atoms with Crippen molar-refractivity contribution in [1.82, 2.24) is 0 Å². The van der Waals surface area contributed by atoms with Crippen molar-refractivity contribution in [3.8, 4) is 11.5 Å². The van der Waals surface area contributed by atoms with Crippen LogP contribution >= 0.6 is 0 Å². The summed E-state index contributed by atoms with van der Waals surface area (Å²) in [5.41, 5.74) is 0.637. The van der Waals surface area contributed by atoms with Crippen LogP contribution in [0.5, 0.6) is 11.5 Å². The van der Waals surface area contributed by atoms with E-state index in [0.717, 1.165) is 10.8 Å². The van der Waals surface area contributed by atoms with Crippen molar-refractivity contribution in [2.45, 2.75) is 6.54 Å². The third-order valence-electron chi connectivity index (χ3n) is 3.71. The monoisotopic (exact) mass is 358 g/mol. The van der Waals surface area contributed by atoms with Crippen LogP contribution in [0.4, 0.5) is 5.69 Å². The summed E-state index contributed by atoms with van der Waals surface area (Å²) in [5.74, 6) is 1.14. The third kappa shape index (κ3) is 4.61. The molecule has 1 N–H and O–H groups in total. The van der Waals surface area contributed by atoms with Gasteiger partial charge in [0, 0.05) is 35.3 Å². The highest BCUT2D eigenvalue weighted by Crippen LogP contribution is 2.25. The first-order chi connectivity index (χ1) is 11.7. The first kappa shape index (κ1) is 18.5. The van der Waals surface area contributed by atoms with E-state index in [4.69, 9.17) is 9.47 Å². The lowest BCUT2D eigenvalue weighted by Gasteiger charge is -2.09. The number of carbonyl (C=O) groups excluding carboxylic acids is 1. The summed E-state index contributed by atoms with van der Waals surface area (Å²) in [4.78, 5) is 12.3. The predicted octanol–water partition coefficient (Wildman–Crippen LogP) is -0.213. The van der Waals surface area contributed by atoms with Gasteiger partial charge >= 0.3 is 0 Å². The van der Waals surface area contributed by atoms with Gasteiger partial charge in [-0.25, -0.2) is 0 Å². The lowest BCUT2D eigenvalue weighted by atomic mass is 10.2. The molecule has 0 saturated carbocycles. The van der Waals surface area contributed by atoms with Crippen LogP contribution in [0.3, 0.4) is 0 Å². The van der Waals surface area contributed by atoms with Crippen molar-refractivity contribution in [1.29, 1.82) is 0 Å². The van der Waals surface area contributed by atoms with E-state index in [-0.39, 0.29) is 24.9 Å². The molecule has 0 radical (unpaired) electrons. The fraction of sp³-hybridized carbons (Fsp3) is 0.158. The standard InChI is InChI=1S/C19H18N2O3.ClH/c1-23-17-9-16(10-18(11-17)24-2)20-19(22)13-21-8-7-14-5-3-4-6-15(14)12-21;/h3-12H,13H2,1-2H3;1H. The average molecular weight is 359 g/mol. The molecular weight excluding hydrogens is 340 g/mol. The van der Waals surface area contributed by atoms with Gasteiger partial charge in [0.2, 0.25) is 6.54 Å². The number of rotatable bonds is 5. The Hall–Kier alpha value is -2.79. The van der Waals surface area contributed by atoms with E-state index in [1.807, 2.05) is 47.3 Å². The van der Waals surface area contributed by atoms with Gasteiger partial charge in [-0.3, -0.25) is 4.79 Å². The molecule has 1 aromatic heterocycles. The van der Waals surface area contributed by atoms with E-state index in [9.17, 15) is 4.79 Å². The second kappa shape index (κ2) is 8.35. The highest BCUT2D eigenvalue weighted by atomic mass is 35.5. The number of aromatic nitrogens is 1. The third-order valence-corrected chi connectivity index (χ3v) is 3.71. The second-order valence-electron chi connectivity index (χ2n) is 5.40. The molecule has 3 aromatic rings. The Morgan fingerprint density at radius 3 is 2.28 bits per heavy atom. The van der Waals surface area contributed by atoms with Crippen LogP contribution in [0.1, 0.15) is 0 Å². The molecule has 0 bridgehead atoms. The van der Waals surface area contributed by atoms with Gasteiger partial charge in [0.25, 0.3) is 5.91 Å². The summed E-state index contributed by atoms with van der Waals surface area (Å²) >= 11 is 0. The molecule has 2 aromatic carbocycles. The van der Waals surface area contributed by atoms with E-state index >= 15 is 0 Å². The molecule has 0 aliphatic rings. The second-order valence-corrected chi connectivity index (χ2v) is 5.40. The molecule has 0 aliphatic heterocycles. The highest BCUT2D eigenvalue weighted by molar-refractivity contribution is 5.90. The summed E-state index contributed by atoms with van der Waals surface area (Å²) in [7, 11) is 3.15. The van der Waals surface area contributed by atoms with Gasteiger partial charge in [-0.1, -0.05) is 18.2 Å². The Labute approximate surface area is 152 Å². The van der Waals surface area contributed by atoms with Crippen molar-refractivity contribution in [3.63, 3.8) is 0 Å². The van der Waals surface area contributed by atoms with Crippen LogP contribution in [0.25, 0.3) is 10.8 Å². The zero-order valence-electron chi connectivity index (χ0n) is 14.0. The van der Waals surface area contributed by atoms with Gasteiger partial charge in [-0.05, 0) is 11.5 Å². The van der Waals surface area contributed by atoms with E-state index in [1.165, 1.54) is 0 Å². The quantitative estimate of drug-likeness (QED) is 0.642. The number of anilines is 1. The van der Waals surface area contributed by atoms with Crippen LogP contribution in [0, 0.1) is 0 Å². The maximum atomic E-state index is 12.3. The number of benzene rings is 2. The SMILES string of the molecule is COc1cc(NC(=O)C[n+]2ccc3ccccc3c2)cc(OC)c1.[Cl-]. The van der Waals surface area contributed by atoms with Gasteiger partial charge in [0.05, 0.1) is 14.2 Å². The van der Waals surface area contributed by atoms with E-state index in [0.29, 0.717) is 17.2 Å². The maximum Gasteiger partial charge on any atom is 0.290 e. The highest BCUT2D eigenvalue weighted by Gasteiger charge is 2.12. The van der Waals surface area contributed by atoms with Crippen LogP contribution < -0.4 is 31.8 Å². The zero-order valence-corrected chi connectivity index (χ0v) is 14.8. The topological polar surface area (TPSA) is 51.4 Å². The Balaban J connectivity index is 0.00000225. The van der Waals surface area contributed by atoms with Gasteiger partial charge in [0.1, 0.15) is 11.5 Å². The molecule has 0 atom stereocenters. The lowest BCUT2D eigenvalue weighted by molar-refractivity contribution is -0.682. The fourth-order valence-corrected chi connectivity index (χ4v) is 2.52. The number of pyridine rings is 1. The van der Waals surface area contributed by atoms with Gasteiger partial charge in [0.15, 0.2) is 12.4 Å². The van der Waals surface area contributed by atoms with E-state index < -0.39 is 0 Å². The largest absolute Gasteiger partial charge is 1.00 e. The molecule has 0 fully saturated rings. The number of hydrogen-bond donors (Lipinski definition) is 1. The van der Waals surface area contributed by atoms with Crippen molar-refractivity contribution in [3.05, 3.63) is 60.9 Å². The molecule has 5 nitrogen and oxygen atoms in total. The fourth-order valence-electron chi connectivity index (χ4n) is 2.52. The number of nitrogens with zero attached hydrogens (tertiary/aromatic N) is 1. The molecule has 1 heterocycles. The van der Waals surface area contributed by atoms with Crippen molar-refractivity contribution < 1.29 is 31.2 Å². The summed E-state index contributed by atoms with van der Waals surface area (Å²) in [6, 6.07) is 15.3. The normalized spacial score (nSPS) is 10.0. The minimum Gasteiger partial charge on any atom is -1.00 e. The predicted molar refractivity (Wildman–Crippen MR) is 92.3 cm³/mol. The first-order valence-corrected chi connectivity index (χ1v) is 7.59. The zero-order chi connectivity index (χ0) is 16.9. The molecule has 0 spiro atoms. The van der Waals surface area contributed by atoms with Gasteiger partial charge < -0.3 is 27.2 Å². The number of nitrogens with one attached hydrogen (secondary N) is 1. The van der Waals surface area contributed by atoms with Crippen LogP contribution in [-0.4, -0.2) is 20.1 Å². The molecule has 130 valence electrons. The Morgan fingerprint density at radius 2 is 1.64 bits per heavy atom. The van der Waals surface area contributed by atoms with Gasteiger partial charge in [-0.15, -0.1) is 0 Å². The lowest BCUT2D eigenvalue weighted by Crippen LogP contribution is -3.00. The van der Waals surface area contributed by atoms with Crippen molar-refractivity contribution in [2.75, 3.05) is 19.5 Å². The molecule has 3 rings (SSSR count). The average Bonchev–Trinajstić information content (AvgIpc) is 2.61. The molecular formula is C19H19ClN2O3. The number of halogens is 1. The molecule has 1 amide bonds. The minimum absolute atomic E-state index is 0. The van der Waals surface area contributed by atoms with Crippen molar-refractivity contribution >= 4 is 22.4 Å². The number of methoxy groups -OCH3 is 2. The molecule has 0 saturated heterocycles. The Kier molecular flexibility index (Phi) is 6.19. The summed E-state index contributed by atoms with van der Waals surface area (Å²) < 4.78 is 12.3. The van der Waals surface area contributed by atoms with Crippen LogP contribution in [-0.2, 0) is 11.3 Å². The number of fused-ring (bicyclic) bond motifs is 1. The first-order valence-electron chi connectivity index (χ1n) is 7.59. The summed E-state index contributed by atoms with van der Waals surface area (Å²) in [6.07, 6.45) is 3.86. The number of hydrogen-bond acceptors (Lipinski definition) is 3. The van der Waals surface area contributed by atoms with Crippen LogP contribution in [0.15, 0.2) is 60.9 Å². The summed E-state index contributed by atoms with van der Waals surface area (Å²) in [6.45, 7) is 0.227. The number of amides is 1. The molecule has 6 heteroatoms. The van der Waals surface area contributed by atoms with E-state index in [2.05, 4.69) is 5.32 Å². The van der Waals surface area contributed by atoms with Gasteiger partial charge in [-0.2, -0.15) is 4.57 Å². The number of carbonyl (C=O) groups is 1. The van der Waals surface area contributed by atoms with Crippen LogP contribution in [0.2, 0.25) is 0 Å². The minimum atomic E-state index is -0.120. The molecule has 0 aliphatic carbocycles. The van der Waals surface area contributed by atoms with Crippen molar-refractivity contribution in [2.24, 2.45) is 0 Å². The molecule has 0 unspecified atom stereocenters. The van der Waals surface area contributed by atoms with E-state index in [1.54, 1.807) is 32.4 Å². The maximum absolute atomic E-state index is 12.3. The molecule has 25 heavy (non-hydrogen) atoms. The Bertz CT molecular complexity index is 861.